The third kappa shape index (κ3) is 3.18. The zero-order chi connectivity index (χ0) is 14.7. The van der Waals surface area contributed by atoms with Gasteiger partial charge in [0, 0.05) is 27.1 Å². The number of aryl methyl sites for hydroxylation is 2. The van der Waals surface area contributed by atoms with Gasteiger partial charge in [-0.05, 0) is 47.1 Å². The lowest BCUT2D eigenvalue weighted by Gasteiger charge is -2.09. The minimum absolute atomic E-state index is 0.110. The summed E-state index contributed by atoms with van der Waals surface area (Å²) in [6.45, 7) is 0.758. The van der Waals surface area contributed by atoms with E-state index in [0.29, 0.717) is 0 Å². The zero-order valence-corrected chi connectivity index (χ0v) is 13.8. The van der Waals surface area contributed by atoms with E-state index in [4.69, 9.17) is 0 Å². The number of hydrogen-bond acceptors (Lipinski definition) is 1. The van der Waals surface area contributed by atoms with Crippen LogP contribution in [0.1, 0.15) is 12.0 Å². The first-order valence-electron chi connectivity index (χ1n) is 7.07. The van der Waals surface area contributed by atoms with Crippen molar-refractivity contribution in [3.63, 3.8) is 0 Å². The molecule has 3 heteroatoms. The third-order valence-corrected chi connectivity index (χ3v) is 4.51. The molecule has 1 aromatic heterocycles. The normalized spacial score (nSPS) is 10.9. The minimum Gasteiger partial charge on any atom is -0.314 e. The van der Waals surface area contributed by atoms with Crippen LogP contribution < -0.4 is 5.56 Å². The molecule has 0 N–H and O–H groups in total. The van der Waals surface area contributed by atoms with Gasteiger partial charge in [-0.1, -0.05) is 48.5 Å². The molecule has 3 aromatic rings. The Bertz CT molecular complexity index is 808. The van der Waals surface area contributed by atoms with Crippen molar-refractivity contribution in [2.75, 3.05) is 0 Å². The van der Waals surface area contributed by atoms with E-state index in [2.05, 4.69) is 46.9 Å². The smallest absolute Gasteiger partial charge is 0.258 e. The molecule has 0 fully saturated rings. The summed E-state index contributed by atoms with van der Waals surface area (Å²) in [6.07, 6.45) is 3.94. The van der Waals surface area contributed by atoms with E-state index in [1.807, 2.05) is 41.1 Å². The maximum atomic E-state index is 12.5. The van der Waals surface area contributed by atoms with E-state index in [1.165, 1.54) is 5.56 Å². The quantitative estimate of drug-likeness (QED) is 0.612. The molecule has 0 aliphatic rings. The highest BCUT2D eigenvalue weighted by molar-refractivity contribution is 14.1. The van der Waals surface area contributed by atoms with Gasteiger partial charge in [0.05, 0.1) is 0 Å². The molecule has 0 unspecified atom stereocenters. The second-order valence-corrected chi connectivity index (χ2v) is 6.27. The maximum absolute atomic E-state index is 12.5. The molecule has 3 rings (SSSR count). The molecular weight excluding hydrogens is 373 g/mol. The molecule has 0 radical (unpaired) electrons. The van der Waals surface area contributed by atoms with E-state index in [1.54, 1.807) is 0 Å². The van der Waals surface area contributed by atoms with Crippen LogP contribution in [0.2, 0.25) is 0 Å². The predicted octanol–water partition coefficient (Wildman–Crippen LogP) is 4.24. The molecule has 21 heavy (non-hydrogen) atoms. The van der Waals surface area contributed by atoms with Crippen molar-refractivity contribution < 1.29 is 0 Å². The molecular formula is C18H16INO. The summed E-state index contributed by atoms with van der Waals surface area (Å²) in [7, 11) is 0. The van der Waals surface area contributed by atoms with Crippen LogP contribution in [0.5, 0.6) is 0 Å². The monoisotopic (exact) mass is 389 g/mol. The Balaban J connectivity index is 1.81. The first-order chi connectivity index (χ1) is 10.3. The van der Waals surface area contributed by atoms with Gasteiger partial charge in [0.1, 0.15) is 0 Å². The largest absolute Gasteiger partial charge is 0.314 e. The van der Waals surface area contributed by atoms with Crippen LogP contribution in [0, 0.1) is 3.57 Å². The van der Waals surface area contributed by atoms with Crippen LogP contribution >= 0.6 is 22.6 Å². The van der Waals surface area contributed by atoms with Gasteiger partial charge in [-0.25, -0.2) is 0 Å². The van der Waals surface area contributed by atoms with Crippen LogP contribution in [0.25, 0.3) is 10.8 Å². The zero-order valence-electron chi connectivity index (χ0n) is 11.6. The Labute approximate surface area is 137 Å². The van der Waals surface area contributed by atoms with Gasteiger partial charge in [-0.2, -0.15) is 0 Å². The topological polar surface area (TPSA) is 22.0 Å². The number of aromatic nitrogens is 1. The van der Waals surface area contributed by atoms with E-state index >= 15 is 0 Å². The Morgan fingerprint density at radius 3 is 2.33 bits per heavy atom. The molecule has 106 valence electrons. The second kappa shape index (κ2) is 6.43. The molecule has 0 saturated heterocycles. The number of rotatable bonds is 4. The number of pyridine rings is 1. The lowest BCUT2D eigenvalue weighted by Crippen LogP contribution is -2.20. The highest BCUT2D eigenvalue weighted by Gasteiger charge is 2.06. The van der Waals surface area contributed by atoms with Gasteiger partial charge in [0.2, 0.25) is 0 Å². The van der Waals surface area contributed by atoms with Crippen LogP contribution in [0.3, 0.4) is 0 Å². The van der Waals surface area contributed by atoms with Crippen molar-refractivity contribution in [1.29, 1.82) is 0 Å². The summed E-state index contributed by atoms with van der Waals surface area (Å²) in [5.74, 6) is 0. The average Bonchev–Trinajstić information content (AvgIpc) is 2.53. The summed E-state index contributed by atoms with van der Waals surface area (Å²) >= 11 is 2.30. The third-order valence-electron chi connectivity index (χ3n) is 3.65. The molecule has 2 nitrogen and oxygen atoms in total. The molecule has 0 aliphatic heterocycles. The first kappa shape index (κ1) is 14.3. The van der Waals surface area contributed by atoms with E-state index < -0.39 is 0 Å². The molecule has 0 amide bonds. The van der Waals surface area contributed by atoms with Gasteiger partial charge in [0.15, 0.2) is 0 Å². The van der Waals surface area contributed by atoms with E-state index in [0.717, 1.165) is 33.7 Å². The van der Waals surface area contributed by atoms with Gasteiger partial charge in [0.25, 0.3) is 5.56 Å². The van der Waals surface area contributed by atoms with Crippen LogP contribution in [0.15, 0.2) is 65.6 Å². The second-order valence-electron chi connectivity index (χ2n) is 5.11. The number of fused-ring (bicyclic) bond motifs is 1. The van der Waals surface area contributed by atoms with Crippen LogP contribution in [-0.4, -0.2) is 4.57 Å². The van der Waals surface area contributed by atoms with Gasteiger partial charge in [-0.3, -0.25) is 4.79 Å². The van der Waals surface area contributed by atoms with Crippen molar-refractivity contribution >= 4 is 33.4 Å². The van der Waals surface area contributed by atoms with E-state index in [-0.39, 0.29) is 5.56 Å². The molecule has 0 atom stereocenters. The van der Waals surface area contributed by atoms with Crippen LogP contribution in [0.4, 0.5) is 0 Å². The van der Waals surface area contributed by atoms with Crippen molar-refractivity contribution in [3.8, 4) is 0 Å². The number of nitrogens with zero attached hydrogens (tertiary/aromatic N) is 1. The van der Waals surface area contributed by atoms with Crippen molar-refractivity contribution in [1.82, 2.24) is 4.57 Å². The Hall–Kier alpha value is -1.62. The SMILES string of the molecule is O=c1c2ccccc2c(I)cn1CCCc1ccccc1. The molecule has 2 aromatic carbocycles. The highest BCUT2D eigenvalue weighted by atomic mass is 127. The first-order valence-corrected chi connectivity index (χ1v) is 8.15. The maximum Gasteiger partial charge on any atom is 0.258 e. The van der Waals surface area contributed by atoms with Crippen molar-refractivity contribution in [2.24, 2.45) is 0 Å². The Morgan fingerprint density at radius 1 is 0.905 bits per heavy atom. The summed E-state index contributed by atoms with van der Waals surface area (Å²) < 4.78 is 2.97. The van der Waals surface area contributed by atoms with Gasteiger partial charge < -0.3 is 4.57 Å². The summed E-state index contributed by atoms with van der Waals surface area (Å²) in [5, 5.41) is 1.85. The predicted molar refractivity (Wildman–Crippen MR) is 95.7 cm³/mol. The van der Waals surface area contributed by atoms with Gasteiger partial charge >= 0.3 is 0 Å². The Kier molecular flexibility index (Phi) is 4.39. The highest BCUT2D eigenvalue weighted by Crippen LogP contribution is 2.17. The fraction of sp³-hybridized carbons (Fsp3) is 0.167. The lowest BCUT2D eigenvalue weighted by molar-refractivity contribution is 0.625. The molecule has 0 spiro atoms. The average molecular weight is 389 g/mol. The van der Waals surface area contributed by atoms with Crippen molar-refractivity contribution in [2.45, 2.75) is 19.4 Å². The summed E-state index contributed by atoms with van der Waals surface area (Å²) in [6, 6.07) is 18.2. The Morgan fingerprint density at radius 2 is 1.57 bits per heavy atom. The molecule has 1 heterocycles. The number of benzene rings is 2. The lowest BCUT2D eigenvalue weighted by atomic mass is 10.1. The van der Waals surface area contributed by atoms with Crippen molar-refractivity contribution in [3.05, 3.63) is 80.3 Å². The fourth-order valence-electron chi connectivity index (χ4n) is 2.56. The summed E-state index contributed by atoms with van der Waals surface area (Å²) in [5.41, 5.74) is 1.43. The fourth-order valence-corrected chi connectivity index (χ4v) is 3.37. The number of hydrogen-bond donors (Lipinski definition) is 0. The molecule has 0 bridgehead atoms. The standard InChI is InChI=1S/C18H16INO/c19-17-13-20(12-6-9-14-7-2-1-3-8-14)18(21)16-11-5-4-10-15(16)17/h1-5,7-8,10-11,13H,6,9,12H2. The molecule has 0 aliphatic carbocycles. The number of halogens is 1. The minimum atomic E-state index is 0.110. The summed E-state index contributed by atoms with van der Waals surface area (Å²) in [4.78, 5) is 12.5. The van der Waals surface area contributed by atoms with E-state index in [9.17, 15) is 4.79 Å². The molecule has 0 saturated carbocycles. The van der Waals surface area contributed by atoms with Gasteiger partial charge in [-0.15, -0.1) is 0 Å². The van der Waals surface area contributed by atoms with Crippen LogP contribution in [-0.2, 0) is 13.0 Å².